The van der Waals surface area contributed by atoms with Crippen molar-refractivity contribution < 1.29 is 14.4 Å². The lowest BCUT2D eigenvalue weighted by molar-refractivity contribution is -0.919. The minimum Gasteiger partial charge on any atom is -0.466 e. The Morgan fingerprint density at radius 3 is 2.83 bits per heavy atom. The highest BCUT2D eigenvalue weighted by atomic mass is 32.1. The van der Waals surface area contributed by atoms with Crippen LogP contribution in [0.5, 0.6) is 0 Å². The SMILES string of the molecule is CCOC(=O)C1CC[NH+](Cc2cc(=O)n3nc(CC)sc3n2)CC1. The zero-order chi connectivity index (χ0) is 17.1. The molecule has 0 amide bonds. The quantitative estimate of drug-likeness (QED) is 0.772. The highest BCUT2D eigenvalue weighted by Crippen LogP contribution is 2.13. The second-order valence-electron chi connectivity index (χ2n) is 6.08. The molecule has 130 valence electrons. The largest absolute Gasteiger partial charge is 0.466 e. The van der Waals surface area contributed by atoms with E-state index in [-0.39, 0.29) is 17.4 Å². The number of aryl methyl sites for hydroxylation is 1. The van der Waals surface area contributed by atoms with Gasteiger partial charge in [-0.25, -0.2) is 4.98 Å². The van der Waals surface area contributed by atoms with E-state index in [1.54, 1.807) is 6.07 Å². The number of carbonyl (C=O) groups excluding carboxylic acids is 1. The fourth-order valence-electron chi connectivity index (χ4n) is 3.08. The molecule has 1 aliphatic heterocycles. The molecule has 1 aliphatic rings. The summed E-state index contributed by atoms with van der Waals surface area (Å²) in [5.74, 6) is -0.0607. The van der Waals surface area contributed by atoms with Crippen LogP contribution >= 0.6 is 11.3 Å². The molecule has 24 heavy (non-hydrogen) atoms. The lowest BCUT2D eigenvalue weighted by Crippen LogP contribution is -3.11. The number of nitrogens with zero attached hydrogens (tertiary/aromatic N) is 3. The molecule has 0 radical (unpaired) electrons. The van der Waals surface area contributed by atoms with Gasteiger partial charge in [0.15, 0.2) is 0 Å². The van der Waals surface area contributed by atoms with E-state index in [0.29, 0.717) is 18.1 Å². The van der Waals surface area contributed by atoms with E-state index in [2.05, 4.69) is 10.1 Å². The van der Waals surface area contributed by atoms with E-state index in [9.17, 15) is 9.59 Å². The monoisotopic (exact) mass is 351 g/mol. The van der Waals surface area contributed by atoms with Crippen molar-refractivity contribution in [2.24, 2.45) is 5.92 Å². The van der Waals surface area contributed by atoms with Gasteiger partial charge in [0.1, 0.15) is 17.2 Å². The normalized spacial score (nSPS) is 21.1. The minimum atomic E-state index is -0.119. The van der Waals surface area contributed by atoms with Gasteiger partial charge < -0.3 is 9.64 Å². The first-order valence-electron chi connectivity index (χ1n) is 8.49. The summed E-state index contributed by atoms with van der Waals surface area (Å²) in [6, 6.07) is 1.58. The van der Waals surface area contributed by atoms with Gasteiger partial charge in [-0.15, -0.1) is 0 Å². The molecule has 1 N–H and O–H groups in total. The molecule has 1 fully saturated rings. The maximum atomic E-state index is 12.2. The molecule has 0 bridgehead atoms. The molecule has 2 aromatic rings. The van der Waals surface area contributed by atoms with Crippen molar-refractivity contribution in [1.82, 2.24) is 14.6 Å². The molecule has 0 unspecified atom stereocenters. The number of fused-ring (bicyclic) bond motifs is 1. The van der Waals surface area contributed by atoms with E-state index < -0.39 is 0 Å². The summed E-state index contributed by atoms with van der Waals surface area (Å²) < 4.78 is 6.49. The smallest absolute Gasteiger partial charge is 0.309 e. The van der Waals surface area contributed by atoms with Crippen molar-refractivity contribution in [2.45, 2.75) is 39.7 Å². The molecule has 0 spiro atoms. The fourth-order valence-corrected chi connectivity index (χ4v) is 3.94. The van der Waals surface area contributed by atoms with Crippen molar-refractivity contribution in [1.29, 1.82) is 0 Å². The first-order valence-corrected chi connectivity index (χ1v) is 9.31. The van der Waals surface area contributed by atoms with Crippen molar-refractivity contribution in [3.05, 3.63) is 27.1 Å². The lowest BCUT2D eigenvalue weighted by atomic mass is 9.97. The average molecular weight is 351 g/mol. The van der Waals surface area contributed by atoms with E-state index in [1.807, 2.05) is 13.8 Å². The predicted octanol–water partition coefficient (Wildman–Crippen LogP) is 0.0714. The standard InChI is InChI=1S/C16H22N4O3S/c1-3-13-18-20-14(21)9-12(17-16(20)24-13)10-19-7-5-11(6-8-19)15(22)23-4-2/h9,11H,3-8,10H2,1-2H3/p+1. The highest BCUT2D eigenvalue weighted by molar-refractivity contribution is 7.16. The van der Waals surface area contributed by atoms with Crippen molar-refractivity contribution in [3.63, 3.8) is 0 Å². The molecule has 3 rings (SSSR count). The van der Waals surface area contributed by atoms with Crippen LogP contribution in [0.2, 0.25) is 0 Å². The summed E-state index contributed by atoms with van der Waals surface area (Å²) in [5, 5.41) is 5.18. The second kappa shape index (κ2) is 7.40. The number of rotatable bonds is 5. The molecular weight excluding hydrogens is 328 g/mol. The molecular formula is C16H23N4O3S+. The number of esters is 1. The molecule has 7 nitrogen and oxygen atoms in total. The van der Waals surface area contributed by atoms with Crippen LogP contribution < -0.4 is 10.5 Å². The van der Waals surface area contributed by atoms with Crippen molar-refractivity contribution in [3.8, 4) is 0 Å². The molecule has 2 aromatic heterocycles. The lowest BCUT2D eigenvalue weighted by Gasteiger charge is -2.27. The van der Waals surface area contributed by atoms with Crippen LogP contribution in [0.4, 0.5) is 0 Å². The molecule has 0 atom stereocenters. The summed E-state index contributed by atoms with van der Waals surface area (Å²) in [6.07, 6.45) is 2.46. The molecule has 8 heteroatoms. The van der Waals surface area contributed by atoms with Gasteiger partial charge >= 0.3 is 5.97 Å². The number of hydrogen-bond donors (Lipinski definition) is 1. The first-order chi connectivity index (χ1) is 11.6. The number of hydrogen-bond acceptors (Lipinski definition) is 6. The zero-order valence-corrected chi connectivity index (χ0v) is 14.9. The van der Waals surface area contributed by atoms with E-state index in [1.165, 1.54) is 20.8 Å². The van der Waals surface area contributed by atoms with Crippen LogP contribution in [0.1, 0.15) is 37.4 Å². The Morgan fingerprint density at radius 2 is 2.17 bits per heavy atom. The van der Waals surface area contributed by atoms with Gasteiger partial charge in [-0.1, -0.05) is 18.3 Å². The Labute approximate surface area is 144 Å². The van der Waals surface area contributed by atoms with E-state index in [4.69, 9.17) is 4.74 Å². The molecule has 0 saturated carbocycles. The maximum Gasteiger partial charge on any atom is 0.309 e. The summed E-state index contributed by atoms with van der Waals surface area (Å²) in [5.41, 5.74) is 0.683. The van der Waals surface area contributed by atoms with Crippen molar-refractivity contribution >= 4 is 22.3 Å². The zero-order valence-electron chi connectivity index (χ0n) is 14.1. The Hall–Kier alpha value is -1.80. The van der Waals surface area contributed by atoms with Crippen molar-refractivity contribution in [2.75, 3.05) is 19.7 Å². The summed E-state index contributed by atoms with van der Waals surface area (Å²) in [6.45, 7) is 6.79. The van der Waals surface area contributed by atoms with Gasteiger partial charge in [-0.3, -0.25) is 9.59 Å². The number of aromatic nitrogens is 3. The Bertz CT molecular complexity index is 777. The van der Waals surface area contributed by atoms with Crippen LogP contribution in [0.15, 0.2) is 10.9 Å². The first kappa shape index (κ1) is 17.0. The number of nitrogens with one attached hydrogen (secondary N) is 1. The van der Waals surface area contributed by atoms with Gasteiger partial charge in [-0.05, 0) is 13.3 Å². The van der Waals surface area contributed by atoms with E-state index >= 15 is 0 Å². The molecule has 0 aromatic carbocycles. The Kier molecular flexibility index (Phi) is 5.25. The van der Waals surface area contributed by atoms with Gasteiger partial charge in [-0.2, -0.15) is 9.61 Å². The minimum absolute atomic E-state index is 0.0170. The predicted molar refractivity (Wildman–Crippen MR) is 90.3 cm³/mol. The van der Waals surface area contributed by atoms with Crippen LogP contribution in [0, 0.1) is 5.92 Å². The maximum absolute atomic E-state index is 12.2. The fraction of sp³-hybridized carbons (Fsp3) is 0.625. The van der Waals surface area contributed by atoms with Crippen LogP contribution in [0.25, 0.3) is 4.96 Å². The van der Waals surface area contributed by atoms with Gasteiger partial charge in [0.05, 0.1) is 25.6 Å². The Morgan fingerprint density at radius 1 is 1.42 bits per heavy atom. The molecule has 3 heterocycles. The summed E-state index contributed by atoms with van der Waals surface area (Å²) in [4.78, 5) is 30.6. The third kappa shape index (κ3) is 3.64. The van der Waals surface area contributed by atoms with E-state index in [0.717, 1.165) is 43.1 Å². The number of quaternary nitrogens is 1. The van der Waals surface area contributed by atoms with Crippen LogP contribution in [0.3, 0.4) is 0 Å². The molecule has 1 saturated heterocycles. The van der Waals surface area contributed by atoms with Gasteiger partial charge in [0.25, 0.3) is 5.56 Å². The highest BCUT2D eigenvalue weighted by Gasteiger charge is 2.28. The average Bonchev–Trinajstić information content (AvgIpc) is 2.99. The number of likely N-dealkylation sites (tertiary alicyclic amines) is 1. The Balaban J connectivity index is 1.66. The second-order valence-corrected chi connectivity index (χ2v) is 7.12. The summed E-state index contributed by atoms with van der Waals surface area (Å²) >= 11 is 1.47. The number of piperidine rings is 1. The number of carbonyl (C=O) groups is 1. The number of ether oxygens (including phenoxy) is 1. The van der Waals surface area contributed by atoms with Crippen LogP contribution in [-0.2, 0) is 22.5 Å². The topological polar surface area (TPSA) is 78.0 Å². The third-order valence-corrected chi connectivity index (χ3v) is 5.44. The third-order valence-electron chi connectivity index (χ3n) is 4.39. The molecule has 0 aliphatic carbocycles. The van der Waals surface area contributed by atoms with Gasteiger partial charge in [0.2, 0.25) is 4.96 Å². The summed E-state index contributed by atoms with van der Waals surface area (Å²) in [7, 11) is 0. The van der Waals surface area contributed by atoms with Gasteiger partial charge in [0, 0.05) is 18.9 Å². The van der Waals surface area contributed by atoms with Crippen LogP contribution in [-0.4, -0.2) is 40.3 Å².